The first kappa shape index (κ1) is 16.3. The van der Waals surface area contributed by atoms with E-state index in [1.54, 1.807) is 0 Å². The van der Waals surface area contributed by atoms with Crippen LogP contribution in [0.15, 0.2) is 0 Å². The van der Waals surface area contributed by atoms with E-state index in [-0.39, 0.29) is 0 Å². The lowest BCUT2D eigenvalue weighted by Gasteiger charge is -2.45. The van der Waals surface area contributed by atoms with Gasteiger partial charge in [-0.2, -0.15) is 0 Å². The van der Waals surface area contributed by atoms with Gasteiger partial charge in [0, 0.05) is 31.7 Å². The fourth-order valence-electron chi connectivity index (χ4n) is 4.01. The van der Waals surface area contributed by atoms with Crippen molar-refractivity contribution >= 4 is 0 Å². The van der Waals surface area contributed by atoms with Gasteiger partial charge in [-0.05, 0) is 36.5 Å². The number of rotatable bonds is 4. The van der Waals surface area contributed by atoms with Gasteiger partial charge in [-0.1, -0.05) is 47.5 Å². The summed E-state index contributed by atoms with van der Waals surface area (Å²) >= 11 is 0. The molecule has 2 fully saturated rings. The predicted octanol–water partition coefficient (Wildman–Crippen LogP) is 3.77. The molecular formula is C18H36N2. The minimum Gasteiger partial charge on any atom is -0.311 e. The Kier molecular flexibility index (Phi) is 5.92. The Morgan fingerprint density at radius 2 is 1.65 bits per heavy atom. The summed E-state index contributed by atoms with van der Waals surface area (Å²) in [5, 5.41) is 3.78. The molecule has 2 rings (SSSR count). The minimum absolute atomic E-state index is 0.688. The molecule has 1 heterocycles. The zero-order valence-electron chi connectivity index (χ0n) is 14.4. The molecule has 1 saturated heterocycles. The molecule has 2 aliphatic rings. The van der Waals surface area contributed by atoms with Gasteiger partial charge in [0.25, 0.3) is 0 Å². The molecule has 118 valence electrons. The van der Waals surface area contributed by atoms with Gasteiger partial charge >= 0.3 is 0 Å². The number of nitrogens with zero attached hydrogens (tertiary/aromatic N) is 1. The molecular weight excluding hydrogens is 244 g/mol. The average molecular weight is 281 g/mol. The summed E-state index contributed by atoms with van der Waals surface area (Å²) in [5.74, 6) is 3.44. The predicted molar refractivity (Wildman–Crippen MR) is 87.9 cm³/mol. The van der Waals surface area contributed by atoms with Gasteiger partial charge < -0.3 is 5.32 Å². The van der Waals surface area contributed by atoms with Gasteiger partial charge in [0.05, 0.1) is 0 Å². The number of nitrogens with one attached hydrogen (secondary N) is 1. The summed E-state index contributed by atoms with van der Waals surface area (Å²) in [7, 11) is 0. The summed E-state index contributed by atoms with van der Waals surface area (Å²) in [6, 6.07) is 1.43. The Bertz CT molecular complexity index is 279. The molecule has 0 amide bonds. The van der Waals surface area contributed by atoms with Crippen LogP contribution in [-0.4, -0.2) is 36.6 Å². The van der Waals surface area contributed by atoms with E-state index in [0.29, 0.717) is 6.04 Å². The van der Waals surface area contributed by atoms with Crippen molar-refractivity contribution in [1.82, 2.24) is 10.2 Å². The third kappa shape index (κ3) is 4.21. The van der Waals surface area contributed by atoms with E-state index in [1.165, 1.54) is 45.3 Å². The molecule has 0 bridgehead atoms. The fraction of sp³-hybridized carbons (Fsp3) is 1.00. The number of hydrogen-bond acceptors (Lipinski definition) is 2. The first-order chi connectivity index (χ1) is 9.47. The highest BCUT2D eigenvalue weighted by Crippen LogP contribution is 2.30. The van der Waals surface area contributed by atoms with Crippen LogP contribution in [0.1, 0.15) is 60.3 Å². The van der Waals surface area contributed by atoms with Gasteiger partial charge in [-0.25, -0.2) is 0 Å². The van der Waals surface area contributed by atoms with Crippen LogP contribution in [0.3, 0.4) is 0 Å². The Hall–Kier alpha value is -0.0800. The van der Waals surface area contributed by atoms with Crippen molar-refractivity contribution in [1.29, 1.82) is 0 Å². The second-order valence-electron chi connectivity index (χ2n) is 8.15. The highest BCUT2D eigenvalue weighted by Gasteiger charge is 2.32. The average Bonchev–Trinajstić information content (AvgIpc) is 2.41. The van der Waals surface area contributed by atoms with E-state index in [4.69, 9.17) is 0 Å². The lowest BCUT2D eigenvalue weighted by atomic mass is 9.82. The van der Waals surface area contributed by atoms with E-state index in [2.05, 4.69) is 44.8 Å². The van der Waals surface area contributed by atoms with Crippen molar-refractivity contribution in [3.63, 3.8) is 0 Å². The highest BCUT2D eigenvalue weighted by atomic mass is 15.2. The van der Waals surface area contributed by atoms with Crippen LogP contribution < -0.4 is 5.32 Å². The molecule has 1 aliphatic carbocycles. The Balaban J connectivity index is 1.93. The zero-order valence-corrected chi connectivity index (χ0v) is 14.4. The maximum absolute atomic E-state index is 3.78. The molecule has 0 radical (unpaired) electrons. The molecule has 1 aliphatic heterocycles. The second-order valence-corrected chi connectivity index (χ2v) is 8.15. The molecule has 0 aromatic carbocycles. The molecule has 2 unspecified atom stereocenters. The van der Waals surface area contributed by atoms with Crippen LogP contribution >= 0.6 is 0 Å². The standard InChI is InChI=1S/C18H36N2/c1-13(2)17-12-20(18(10-19-17)14(3)4)11-16-8-6-15(5)7-9-16/h13-19H,6-12H2,1-5H3. The minimum atomic E-state index is 0.688. The molecule has 0 spiro atoms. The first-order valence-electron chi connectivity index (χ1n) is 8.94. The van der Waals surface area contributed by atoms with Crippen molar-refractivity contribution < 1.29 is 0 Å². The zero-order chi connectivity index (χ0) is 14.7. The van der Waals surface area contributed by atoms with E-state index in [9.17, 15) is 0 Å². The van der Waals surface area contributed by atoms with Crippen LogP contribution in [0, 0.1) is 23.7 Å². The number of hydrogen-bond donors (Lipinski definition) is 1. The maximum atomic E-state index is 3.78. The van der Waals surface area contributed by atoms with Crippen LogP contribution in [0.5, 0.6) is 0 Å². The van der Waals surface area contributed by atoms with Crippen LogP contribution in [0.25, 0.3) is 0 Å². The highest BCUT2D eigenvalue weighted by molar-refractivity contribution is 4.90. The molecule has 2 nitrogen and oxygen atoms in total. The summed E-state index contributed by atoms with van der Waals surface area (Å²) in [5.41, 5.74) is 0. The molecule has 0 aromatic heterocycles. The SMILES string of the molecule is CC1CCC(CN2CC(C(C)C)NCC2C(C)C)CC1. The van der Waals surface area contributed by atoms with E-state index in [1.807, 2.05) is 0 Å². The van der Waals surface area contributed by atoms with Crippen molar-refractivity contribution in [2.45, 2.75) is 72.4 Å². The van der Waals surface area contributed by atoms with Crippen LogP contribution in [0.4, 0.5) is 0 Å². The van der Waals surface area contributed by atoms with Crippen molar-refractivity contribution in [2.75, 3.05) is 19.6 Å². The second kappa shape index (κ2) is 7.26. The Morgan fingerprint density at radius 3 is 2.20 bits per heavy atom. The molecule has 2 atom stereocenters. The molecule has 0 aromatic rings. The first-order valence-corrected chi connectivity index (χ1v) is 8.94. The van der Waals surface area contributed by atoms with E-state index < -0.39 is 0 Å². The number of piperazine rings is 1. The van der Waals surface area contributed by atoms with Crippen molar-refractivity contribution in [3.05, 3.63) is 0 Å². The molecule has 1 saturated carbocycles. The lowest BCUT2D eigenvalue weighted by Crippen LogP contribution is -2.60. The Morgan fingerprint density at radius 1 is 1.00 bits per heavy atom. The largest absolute Gasteiger partial charge is 0.311 e. The van der Waals surface area contributed by atoms with Crippen LogP contribution in [0.2, 0.25) is 0 Å². The molecule has 2 heteroatoms. The van der Waals surface area contributed by atoms with E-state index >= 15 is 0 Å². The summed E-state index contributed by atoms with van der Waals surface area (Å²) in [6.07, 6.45) is 5.83. The van der Waals surface area contributed by atoms with Gasteiger partial charge in [-0.15, -0.1) is 0 Å². The summed E-state index contributed by atoms with van der Waals surface area (Å²) in [4.78, 5) is 2.83. The fourth-order valence-corrected chi connectivity index (χ4v) is 4.01. The normalized spacial score (nSPS) is 36.8. The van der Waals surface area contributed by atoms with Crippen LogP contribution in [-0.2, 0) is 0 Å². The van der Waals surface area contributed by atoms with Crippen molar-refractivity contribution in [2.24, 2.45) is 23.7 Å². The third-order valence-corrected chi connectivity index (χ3v) is 5.69. The summed E-state index contributed by atoms with van der Waals surface area (Å²) < 4.78 is 0. The van der Waals surface area contributed by atoms with Gasteiger partial charge in [-0.3, -0.25) is 4.90 Å². The quantitative estimate of drug-likeness (QED) is 0.843. The topological polar surface area (TPSA) is 15.3 Å². The third-order valence-electron chi connectivity index (χ3n) is 5.69. The van der Waals surface area contributed by atoms with Gasteiger partial charge in [0.1, 0.15) is 0 Å². The van der Waals surface area contributed by atoms with E-state index in [0.717, 1.165) is 29.7 Å². The maximum Gasteiger partial charge on any atom is 0.0244 e. The smallest absolute Gasteiger partial charge is 0.0244 e. The van der Waals surface area contributed by atoms with Gasteiger partial charge in [0.2, 0.25) is 0 Å². The molecule has 1 N–H and O–H groups in total. The Labute approximate surface area is 126 Å². The lowest BCUT2D eigenvalue weighted by molar-refractivity contribution is 0.0605. The summed E-state index contributed by atoms with van der Waals surface area (Å²) in [6.45, 7) is 15.7. The van der Waals surface area contributed by atoms with Crippen molar-refractivity contribution in [3.8, 4) is 0 Å². The monoisotopic (exact) mass is 280 g/mol. The van der Waals surface area contributed by atoms with Gasteiger partial charge in [0.15, 0.2) is 0 Å². The molecule has 20 heavy (non-hydrogen) atoms.